The smallest absolute Gasteiger partial charge is 0.0897 e. The topological polar surface area (TPSA) is 43.7 Å². The Morgan fingerprint density at radius 3 is 2.27 bits per heavy atom. The van der Waals surface area contributed by atoms with E-state index in [2.05, 4.69) is 18.7 Å². The van der Waals surface area contributed by atoms with Gasteiger partial charge in [-0.3, -0.25) is 4.90 Å². The molecule has 2 N–H and O–H groups in total. The van der Waals surface area contributed by atoms with Gasteiger partial charge in [-0.05, 0) is 26.7 Å². The van der Waals surface area contributed by atoms with Crippen LogP contribution in [0.4, 0.5) is 0 Å². The Morgan fingerprint density at radius 2 is 1.80 bits per heavy atom. The van der Waals surface area contributed by atoms with Crippen molar-refractivity contribution < 1.29 is 10.2 Å². The summed E-state index contributed by atoms with van der Waals surface area (Å²) < 4.78 is 0. The van der Waals surface area contributed by atoms with Gasteiger partial charge in [0.25, 0.3) is 0 Å². The first kappa shape index (κ1) is 12.9. The first-order valence-corrected chi connectivity index (χ1v) is 6.19. The Kier molecular flexibility index (Phi) is 5.58. The average molecular weight is 215 g/mol. The molecule has 1 unspecified atom stereocenters. The van der Waals surface area contributed by atoms with Crippen LogP contribution in [0.3, 0.4) is 0 Å². The zero-order valence-corrected chi connectivity index (χ0v) is 10.0. The van der Waals surface area contributed by atoms with Crippen LogP contribution >= 0.6 is 0 Å². The molecule has 0 aromatic heterocycles. The van der Waals surface area contributed by atoms with E-state index < -0.39 is 6.10 Å². The molecule has 0 amide bonds. The van der Waals surface area contributed by atoms with Gasteiger partial charge in [-0.1, -0.05) is 19.3 Å². The SMILES string of the molecule is CC(C)N(CC(O)CO)C1CCCCC1. The molecule has 1 saturated carbocycles. The van der Waals surface area contributed by atoms with E-state index in [1.165, 1.54) is 32.1 Å². The monoisotopic (exact) mass is 215 g/mol. The Bertz CT molecular complexity index is 167. The lowest BCUT2D eigenvalue weighted by atomic mass is 9.93. The number of hydrogen-bond donors (Lipinski definition) is 2. The summed E-state index contributed by atoms with van der Waals surface area (Å²) in [6.45, 7) is 4.81. The Balaban J connectivity index is 2.48. The number of aliphatic hydroxyl groups excluding tert-OH is 2. The molecule has 1 fully saturated rings. The second kappa shape index (κ2) is 6.46. The van der Waals surface area contributed by atoms with Crippen LogP contribution < -0.4 is 0 Å². The summed E-state index contributed by atoms with van der Waals surface area (Å²) in [7, 11) is 0. The van der Waals surface area contributed by atoms with Gasteiger partial charge >= 0.3 is 0 Å². The van der Waals surface area contributed by atoms with Crippen molar-refractivity contribution in [2.45, 2.75) is 64.1 Å². The molecule has 0 radical (unpaired) electrons. The van der Waals surface area contributed by atoms with Crippen LogP contribution in [0.1, 0.15) is 46.0 Å². The van der Waals surface area contributed by atoms with Gasteiger partial charge in [0.15, 0.2) is 0 Å². The molecule has 1 aliphatic rings. The predicted molar refractivity (Wildman–Crippen MR) is 61.8 cm³/mol. The average Bonchev–Trinajstić information content (AvgIpc) is 2.26. The van der Waals surface area contributed by atoms with E-state index >= 15 is 0 Å². The van der Waals surface area contributed by atoms with Crippen LogP contribution in [0, 0.1) is 0 Å². The Morgan fingerprint density at radius 1 is 1.20 bits per heavy atom. The van der Waals surface area contributed by atoms with E-state index in [4.69, 9.17) is 5.11 Å². The number of aliphatic hydroxyl groups is 2. The van der Waals surface area contributed by atoms with Crippen molar-refractivity contribution in [2.24, 2.45) is 0 Å². The predicted octanol–water partition coefficient (Wildman–Crippen LogP) is 1.38. The van der Waals surface area contributed by atoms with Crippen LogP contribution in [0.25, 0.3) is 0 Å². The summed E-state index contributed by atoms with van der Waals surface area (Å²) in [6, 6.07) is 1.06. The maximum atomic E-state index is 9.52. The summed E-state index contributed by atoms with van der Waals surface area (Å²) in [5, 5.41) is 18.4. The normalized spacial score (nSPS) is 21.2. The van der Waals surface area contributed by atoms with E-state index in [0.717, 1.165) is 0 Å². The van der Waals surface area contributed by atoms with E-state index in [1.807, 2.05) is 0 Å². The minimum Gasteiger partial charge on any atom is -0.394 e. The first-order chi connectivity index (χ1) is 7.15. The number of nitrogens with zero attached hydrogens (tertiary/aromatic N) is 1. The maximum absolute atomic E-state index is 9.52. The summed E-state index contributed by atoms with van der Waals surface area (Å²) in [6.07, 6.45) is 5.87. The van der Waals surface area contributed by atoms with E-state index in [1.54, 1.807) is 0 Å². The quantitative estimate of drug-likeness (QED) is 0.728. The van der Waals surface area contributed by atoms with Gasteiger partial charge < -0.3 is 10.2 Å². The van der Waals surface area contributed by atoms with Gasteiger partial charge in [0.1, 0.15) is 0 Å². The lowest BCUT2D eigenvalue weighted by Gasteiger charge is -2.38. The molecule has 1 aliphatic carbocycles. The fraction of sp³-hybridized carbons (Fsp3) is 1.00. The largest absolute Gasteiger partial charge is 0.394 e. The zero-order valence-electron chi connectivity index (χ0n) is 10.0. The van der Waals surface area contributed by atoms with Crippen LogP contribution in [-0.2, 0) is 0 Å². The second-order valence-electron chi connectivity index (χ2n) is 4.92. The molecule has 0 bridgehead atoms. The molecular formula is C12H25NO2. The molecule has 1 atom stereocenters. The molecule has 0 aromatic carbocycles. The fourth-order valence-electron chi connectivity index (χ4n) is 2.50. The highest BCUT2D eigenvalue weighted by atomic mass is 16.3. The minimum atomic E-state index is -0.589. The third kappa shape index (κ3) is 4.09. The van der Waals surface area contributed by atoms with Crippen molar-refractivity contribution >= 4 is 0 Å². The molecule has 15 heavy (non-hydrogen) atoms. The summed E-state index contributed by atoms with van der Waals surface area (Å²) in [5.41, 5.74) is 0. The van der Waals surface area contributed by atoms with Crippen molar-refractivity contribution in [1.82, 2.24) is 4.90 Å². The van der Waals surface area contributed by atoms with E-state index in [-0.39, 0.29) is 6.61 Å². The van der Waals surface area contributed by atoms with Crippen molar-refractivity contribution in [3.05, 3.63) is 0 Å². The Hall–Kier alpha value is -0.120. The van der Waals surface area contributed by atoms with Gasteiger partial charge in [-0.15, -0.1) is 0 Å². The first-order valence-electron chi connectivity index (χ1n) is 6.19. The number of rotatable bonds is 5. The van der Waals surface area contributed by atoms with Gasteiger partial charge in [-0.2, -0.15) is 0 Å². The van der Waals surface area contributed by atoms with Crippen molar-refractivity contribution in [3.8, 4) is 0 Å². The molecule has 1 rings (SSSR count). The molecule has 0 spiro atoms. The van der Waals surface area contributed by atoms with Gasteiger partial charge in [0.2, 0.25) is 0 Å². The van der Waals surface area contributed by atoms with Gasteiger partial charge in [-0.25, -0.2) is 0 Å². The molecule has 0 heterocycles. The highest BCUT2D eigenvalue weighted by Gasteiger charge is 2.24. The van der Waals surface area contributed by atoms with Crippen LogP contribution in [0.15, 0.2) is 0 Å². The maximum Gasteiger partial charge on any atom is 0.0897 e. The van der Waals surface area contributed by atoms with Crippen molar-refractivity contribution in [3.63, 3.8) is 0 Å². The van der Waals surface area contributed by atoms with E-state index in [9.17, 15) is 5.11 Å². The lowest BCUT2D eigenvalue weighted by Crippen LogP contribution is -2.46. The molecule has 0 aromatic rings. The molecule has 90 valence electrons. The highest BCUT2D eigenvalue weighted by Crippen LogP contribution is 2.24. The van der Waals surface area contributed by atoms with Gasteiger partial charge in [0.05, 0.1) is 12.7 Å². The van der Waals surface area contributed by atoms with E-state index in [0.29, 0.717) is 18.6 Å². The van der Waals surface area contributed by atoms with Crippen LogP contribution in [0.2, 0.25) is 0 Å². The second-order valence-corrected chi connectivity index (χ2v) is 4.92. The standard InChI is InChI=1S/C12H25NO2/c1-10(2)13(8-12(15)9-14)11-6-4-3-5-7-11/h10-12,14-15H,3-9H2,1-2H3. The molecule has 0 saturated heterocycles. The third-order valence-electron chi connectivity index (χ3n) is 3.34. The summed E-state index contributed by atoms with van der Waals surface area (Å²) in [5.74, 6) is 0. The highest BCUT2D eigenvalue weighted by molar-refractivity contribution is 4.79. The Labute approximate surface area is 93.1 Å². The zero-order chi connectivity index (χ0) is 11.3. The summed E-state index contributed by atoms with van der Waals surface area (Å²) >= 11 is 0. The van der Waals surface area contributed by atoms with Crippen LogP contribution in [-0.4, -0.2) is 46.5 Å². The molecule has 0 aliphatic heterocycles. The lowest BCUT2D eigenvalue weighted by molar-refractivity contribution is 0.0230. The van der Waals surface area contributed by atoms with Gasteiger partial charge in [0, 0.05) is 18.6 Å². The molecule has 3 heteroatoms. The van der Waals surface area contributed by atoms with Crippen molar-refractivity contribution in [2.75, 3.05) is 13.2 Å². The van der Waals surface area contributed by atoms with Crippen molar-refractivity contribution in [1.29, 1.82) is 0 Å². The molecular weight excluding hydrogens is 190 g/mol. The third-order valence-corrected chi connectivity index (χ3v) is 3.34. The molecule has 3 nitrogen and oxygen atoms in total. The fourth-order valence-corrected chi connectivity index (χ4v) is 2.50. The minimum absolute atomic E-state index is 0.129. The summed E-state index contributed by atoms with van der Waals surface area (Å²) in [4.78, 5) is 2.35. The van der Waals surface area contributed by atoms with Crippen LogP contribution in [0.5, 0.6) is 0 Å². The number of hydrogen-bond acceptors (Lipinski definition) is 3.